The number of carbonyl (C=O) groups excluding carboxylic acids is 1. The van der Waals surface area contributed by atoms with Crippen LogP contribution in [0.5, 0.6) is 11.5 Å². The fourth-order valence-corrected chi connectivity index (χ4v) is 3.47. The molecule has 1 aliphatic rings. The van der Waals surface area contributed by atoms with Gasteiger partial charge in [0.15, 0.2) is 11.6 Å². The smallest absolute Gasteiger partial charge is 0.398 e. The molecule has 0 atom stereocenters. The summed E-state index contributed by atoms with van der Waals surface area (Å²) in [5.41, 5.74) is 0.606. The molecule has 0 heterocycles. The maximum absolute atomic E-state index is 14.0. The van der Waals surface area contributed by atoms with Gasteiger partial charge in [0, 0.05) is 6.07 Å². The summed E-state index contributed by atoms with van der Waals surface area (Å²) in [5, 5.41) is 0. The monoisotopic (exact) mass is 424 g/mol. The van der Waals surface area contributed by atoms with Gasteiger partial charge < -0.3 is 9.47 Å². The van der Waals surface area contributed by atoms with Crippen molar-refractivity contribution in [3.8, 4) is 11.5 Å². The van der Waals surface area contributed by atoms with Gasteiger partial charge in [-0.25, -0.2) is 8.78 Å². The molecule has 1 aliphatic carbocycles. The Morgan fingerprint density at radius 1 is 0.967 bits per heavy atom. The lowest BCUT2D eigenvalue weighted by molar-refractivity contribution is -0.180. The van der Waals surface area contributed by atoms with E-state index in [0.717, 1.165) is 37.8 Å². The molecule has 0 N–H and O–H groups in total. The quantitative estimate of drug-likeness (QED) is 0.297. The molecular weight excluding hydrogens is 400 g/mol. The van der Waals surface area contributed by atoms with Crippen molar-refractivity contribution in [2.24, 2.45) is 11.8 Å². The number of ether oxygens (including phenoxy) is 2. The van der Waals surface area contributed by atoms with Crippen LogP contribution in [-0.2, 0) is 11.2 Å². The number of hydrogen-bond donors (Lipinski definition) is 0. The van der Waals surface area contributed by atoms with Crippen LogP contribution in [0.1, 0.15) is 44.6 Å². The Balaban J connectivity index is 1.49. The van der Waals surface area contributed by atoms with Gasteiger partial charge >= 0.3 is 12.1 Å². The van der Waals surface area contributed by atoms with E-state index in [1.165, 1.54) is 0 Å². The molecule has 162 valence electrons. The average molecular weight is 424 g/mol. The van der Waals surface area contributed by atoms with Crippen LogP contribution < -0.4 is 9.47 Å². The Hall–Kier alpha value is -2.57. The molecule has 3 nitrogen and oxygen atoms in total. The molecule has 1 saturated carbocycles. The van der Waals surface area contributed by atoms with Crippen molar-refractivity contribution in [3.05, 3.63) is 59.7 Å². The van der Waals surface area contributed by atoms with Crippen molar-refractivity contribution in [1.29, 1.82) is 0 Å². The van der Waals surface area contributed by atoms with Crippen LogP contribution in [-0.4, -0.2) is 12.1 Å². The SMILES string of the molecule is CC1CCC(C(=O)Oc2ccc(CCC(F)(F)Oc3ccc(F)c(F)c3)cc2)CC1. The van der Waals surface area contributed by atoms with E-state index >= 15 is 0 Å². The zero-order chi connectivity index (χ0) is 21.7. The van der Waals surface area contributed by atoms with Crippen LogP contribution >= 0.6 is 0 Å². The van der Waals surface area contributed by atoms with Gasteiger partial charge in [0.05, 0.1) is 12.3 Å². The number of alkyl halides is 2. The van der Waals surface area contributed by atoms with Gasteiger partial charge in [0.1, 0.15) is 11.5 Å². The van der Waals surface area contributed by atoms with Crippen LogP contribution in [0.25, 0.3) is 0 Å². The molecule has 0 saturated heterocycles. The lowest BCUT2D eigenvalue weighted by Crippen LogP contribution is -2.25. The third-order valence-electron chi connectivity index (χ3n) is 5.35. The normalized spacial score (nSPS) is 19.4. The van der Waals surface area contributed by atoms with E-state index in [9.17, 15) is 22.4 Å². The molecule has 0 spiro atoms. The zero-order valence-electron chi connectivity index (χ0n) is 16.7. The largest absolute Gasteiger partial charge is 0.432 e. The molecule has 0 aromatic heterocycles. The summed E-state index contributed by atoms with van der Waals surface area (Å²) >= 11 is 0. The second kappa shape index (κ2) is 9.49. The van der Waals surface area contributed by atoms with Gasteiger partial charge in [0.25, 0.3) is 0 Å². The van der Waals surface area contributed by atoms with Crippen LogP contribution in [0.4, 0.5) is 17.6 Å². The second-order valence-corrected chi connectivity index (χ2v) is 7.84. The highest BCUT2D eigenvalue weighted by Gasteiger charge is 2.31. The van der Waals surface area contributed by atoms with Crippen LogP contribution in [0.3, 0.4) is 0 Å². The lowest BCUT2D eigenvalue weighted by Gasteiger charge is -2.24. The number of rotatable bonds is 7. The lowest BCUT2D eigenvalue weighted by atomic mass is 9.83. The molecule has 30 heavy (non-hydrogen) atoms. The first kappa shape index (κ1) is 22.1. The van der Waals surface area contributed by atoms with E-state index in [4.69, 9.17) is 4.74 Å². The van der Waals surface area contributed by atoms with Gasteiger partial charge in [-0.15, -0.1) is 0 Å². The molecule has 0 bridgehead atoms. The molecule has 0 aliphatic heterocycles. The summed E-state index contributed by atoms with van der Waals surface area (Å²) in [6.45, 7) is 2.17. The Morgan fingerprint density at radius 3 is 2.23 bits per heavy atom. The summed E-state index contributed by atoms with van der Waals surface area (Å²) in [4.78, 5) is 12.2. The third-order valence-corrected chi connectivity index (χ3v) is 5.35. The molecule has 1 fully saturated rings. The first-order valence-electron chi connectivity index (χ1n) is 10.0. The van der Waals surface area contributed by atoms with Gasteiger partial charge in [0.2, 0.25) is 0 Å². The van der Waals surface area contributed by atoms with E-state index in [1.807, 2.05) is 0 Å². The summed E-state index contributed by atoms with van der Waals surface area (Å²) < 4.78 is 63.9. The first-order valence-corrected chi connectivity index (χ1v) is 10.0. The minimum Gasteiger partial charge on any atom is -0.432 e. The van der Waals surface area contributed by atoms with Crippen molar-refractivity contribution in [1.82, 2.24) is 0 Å². The van der Waals surface area contributed by atoms with E-state index in [1.54, 1.807) is 24.3 Å². The zero-order valence-corrected chi connectivity index (χ0v) is 16.7. The van der Waals surface area contributed by atoms with Gasteiger partial charge in [-0.2, -0.15) is 8.78 Å². The number of esters is 1. The molecule has 2 aromatic carbocycles. The Morgan fingerprint density at radius 2 is 1.60 bits per heavy atom. The number of halogens is 4. The number of aryl methyl sites for hydroxylation is 1. The molecule has 2 aromatic rings. The van der Waals surface area contributed by atoms with Crippen LogP contribution in [0, 0.1) is 23.5 Å². The Labute approximate surface area is 173 Å². The summed E-state index contributed by atoms with van der Waals surface area (Å²) in [6.07, 6.45) is -0.528. The maximum atomic E-state index is 14.0. The third kappa shape index (κ3) is 6.21. The van der Waals surface area contributed by atoms with Crippen LogP contribution in [0.15, 0.2) is 42.5 Å². The van der Waals surface area contributed by atoms with E-state index in [-0.39, 0.29) is 18.3 Å². The highest BCUT2D eigenvalue weighted by molar-refractivity contribution is 5.75. The molecule has 0 amide bonds. The molecule has 7 heteroatoms. The van der Waals surface area contributed by atoms with E-state index < -0.39 is 29.9 Å². The standard InChI is InChI=1S/C23H24F4O3/c1-15-2-6-17(7-3-15)22(28)29-18-8-4-16(5-9-18)12-13-23(26,27)30-19-10-11-20(24)21(25)14-19/h4-5,8-11,14-15,17H,2-3,6-7,12-13H2,1H3. The summed E-state index contributed by atoms with van der Waals surface area (Å²) in [7, 11) is 0. The topological polar surface area (TPSA) is 35.5 Å². The molecule has 0 radical (unpaired) electrons. The van der Waals surface area contributed by atoms with Crippen LogP contribution in [0.2, 0.25) is 0 Å². The molecule has 3 rings (SSSR count). The van der Waals surface area contributed by atoms with Gasteiger partial charge in [-0.1, -0.05) is 19.1 Å². The fourth-order valence-electron chi connectivity index (χ4n) is 3.47. The second-order valence-electron chi connectivity index (χ2n) is 7.84. The first-order chi connectivity index (χ1) is 14.2. The Bertz CT molecular complexity index is 859. The van der Waals surface area contributed by atoms with Crippen molar-refractivity contribution in [2.45, 2.75) is 51.6 Å². The number of benzene rings is 2. The van der Waals surface area contributed by atoms with Gasteiger partial charge in [-0.05, 0) is 67.9 Å². The summed E-state index contributed by atoms with van der Waals surface area (Å²) in [5.74, 6) is -2.15. The van der Waals surface area contributed by atoms with Gasteiger partial charge in [-0.3, -0.25) is 4.79 Å². The predicted molar refractivity (Wildman–Crippen MR) is 103 cm³/mol. The van der Waals surface area contributed by atoms with Crippen molar-refractivity contribution >= 4 is 5.97 Å². The number of hydrogen-bond acceptors (Lipinski definition) is 3. The minimum absolute atomic E-state index is 0.00852. The highest BCUT2D eigenvalue weighted by Crippen LogP contribution is 2.30. The predicted octanol–water partition coefficient (Wildman–Crippen LogP) is 6.30. The summed E-state index contributed by atoms with van der Waals surface area (Å²) in [6, 6.07) is 8.63. The van der Waals surface area contributed by atoms with E-state index in [0.29, 0.717) is 23.3 Å². The fraction of sp³-hybridized carbons (Fsp3) is 0.435. The van der Waals surface area contributed by atoms with Crippen molar-refractivity contribution in [2.75, 3.05) is 0 Å². The highest BCUT2D eigenvalue weighted by atomic mass is 19.3. The van der Waals surface area contributed by atoms with Crippen molar-refractivity contribution < 1.29 is 31.8 Å². The minimum atomic E-state index is -3.55. The number of carbonyl (C=O) groups is 1. The Kier molecular flexibility index (Phi) is 7.00. The molecule has 0 unspecified atom stereocenters. The maximum Gasteiger partial charge on any atom is 0.398 e. The average Bonchev–Trinajstić information content (AvgIpc) is 2.70. The molecular formula is C23H24F4O3. The van der Waals surface area contributed by atoms with Crippen molar-refractivity contribution in [3.63, 3.8) is 0 Å². The van der Waals surface area contributed by atoms with E-state index in [2.05, 4.69) is 11.7 Å².